The second kappa shape index (κ2) is 7.19. The van der Waals surface area contributed by atoms with Crippen LogP contribution in [0.1, 0.15) is 5.56 Å². The van der Waals surface area contributed by atoms with Crippen LogP contribution in [-0.4, -0.2) is 36.1 Å². The number of carbonyl (C=O) groups is 1. The van der Waals surface area contributed by atoms with Gasteiger partial charge in [0.1, 0.15) is 15.7 Å². The van der Waals surface area contributed by atoms with E-state index in [0.717, 1.165) is 6.26 Å². The minimum absolute atomic E-state index is 0.0213. The van der Waals surface area contributed by atoms with Gasteiger partial charge in [-0.05, 0) is 23.8 Å². The van der Waals surface area contributed by atoms with Crippen LogP contribution in [0.25, 0.3) is 6.08 Å². The summed E-state index contributed by atoms with van der Waals surface area (Å²) in [5.41, 5.74) is 0.695. The predicted molar refractivity (Wildman–Crippen MR) is 86.0 cm³/mol. The van der Waals surface area contributed by atoms with E-state index in [9.17, 15) is 17.6 Å². The first-order valence-corrected chi connectivity index (χ1v) is 8.84. The first kappa shape index (κ1) is 16.9. The quantitative estimate of drug-likeness (QED) is 0.814. The van der Waals surface area contributed by atoms with Gasteiger partial charge in [0.05, 0.1) is 12.3 Å². The van der Waals surface area contributed by atoms with Gasteiger partial charge in [0, 0.05) is 24.6 Å². The van der Waals surface area contributed by atoms with E-state index in [4.69, 9.17) is 0 Å². The van der Waals surface area contributed by atoms with Crippen molar-refractivity contribution in [1.82, 2.24) is 9.78 Å². The molecule has 1 aromatic heterocycles. The number of sulfone groups is 1. The third-order valence-corrected chi connectivity index (χ3v) is 3.80. The third kappa shape index (κ3) is 6.03. The zero-order valence-corrected chi connectivity index (χ0v) is 13.3. The minimum atomic E-state index is -3.06. The van der Waals surface area contributed by atoms with E-state index < -0.39 is 9.84 Å². The number of hydrogen-bond acceptors (Lipinski definition) is 4. The molecule has 1 aromatic carbocycles. The fourth-order valence-electron chi connectivity index (χ4n) is 1.73. The Morgan fingerprint density at radius 3 is 2.65 bits per heavy atom. The van der Waals surface area contributed by atoms with Crippen molar-refractivity contribution < 1.29 is 17.6 Å². The Morgan fingerprint density at radius 2 is 2.00 bits per heavy atom. The molecule has 1 amide bonds. The highest BCUT2D eigenvalue weighted by molar-refractivity contribution is 7.90. The summed E-state index contributed by atoms with van der Waals surface area (Å²) < 4.78 is 36.4. The van der Waals surface area contributed by atoms with Gasteiger partial charge in [-0.15, -0.1) is 0 Å². The van der Waals surface area contributed by atoms with Crippen molar-refractivity contribution in [1.29, 1.82) is 0 Å². The van der Waals surface area contributed by atoms with Gasteiger partial charge < -0.3 is 5.32 Å². The maximum absolute atomic E-state index is 12.8. The number of anilines is 1. The number of halogens is 1. The maximum Gasteiger partial charge on any atom is 0.249 e. The van der Waals surface area contributed by atoms with E-state index in [1.807, 2.05) is 0 Å². The van der Waals surface area contributed by atoms with Crippen molar-refractivity contribution in [3.05, 3.63) is 54.0 Å². The molecule has 23 heavy (non-hydrogen) atoms. The van der Waals surface area contributed by atoms with Gasteiger partial charge in [0.2, 0.25) is 5.91 Å². The van der Waals surface area contributed by atoms with Crippen molar-refractivity contribution >= 4 is 27.6 Å². The molecular formula is C15H16FN3O3S. The Bertz CT molecular complexity index is 811. The monoisotopic (exact) mass is 337 g/mol. The molecule has 0 aliphatic carbocycles. The van der Waals surface area contributed by atoms with Crippen molar-refractivity contribution in [2.45, 2.75) is 6.54 Å². The predicted octanol–water partition coefficient (Wildman–Crippen LogP) is 1.72. The topological polar surface area (TPSA) is 81.1 Å². The number of nitrogens with one attached hydrogen (secondary N) is 1. The molecule has 8 heteroatoms. The van der Waals surface area contributed by atoms with Gasteiger partial charge in [-0.3, -0.25) is 9.48 Å². The Morgan fingerprint density at radius 1 is 1.30 bits per heavy atom. The Labute approximate surface area is 133 Å². The highest BCUT2D eigenvalue weighted by atomic mass is 32.2. The molecule has 0 radical (unpaired) electrons. The molecule has 0 unspecified atom stereocenters. The number of aryl methyl sites for hydroxylation is 1. The zero-order valence-electron chi connectivity index (χ0n) is 12.4. The summed E-state index contributed by atoms with van der Waals surface area (Å²) in [6.45, 7) is 0.222. The molecule has 1 N–H and O–H groups in total. The van der Waals surface area contributed by atoms with E-state index >= 15 is 0 Å². The zero-order chi connectivity index (χ0) is 16.9. The molecule has 0 aliphatic heterocycles. The van der Waals surface area contributed by atoms with Crippen molar-refractivity contribution in [3.63, 3.8) is 0 Å². The highest BCUT2D eigenvalue weighted by Crippen LogP contribution is 2.06. The average Bonchev–Trinajstić information content (AvgIpc) is 2.91. The number of nitrogens with zero attached hydrogens (tertiary/aromatic N) is 2. The molecule has 0 atom stereocenters. The molecule has 0 bridgehead atoms. The van der Waals surface area contributed by atoms with Crippen LogP contribution in [0, 0.1) is 5.82 Å². The van der Waals surface area contributed by atoms with E-state index in [1.54, 1.807) is 30.5 Å². The summed E-state index contributed by atoms with van der Waals surface area (Å²) >= 11 is 0. The molecule has 1 heterocycles. The lowest BCUT2D eigenvalue weighted by Gasteiger charge is -2.00. The summed E-state index contributed by atoms with van der Waals surface area (Å²) in [7, 11) is -3.06. The van der Waals surface area contributed by atoms with Gasteiger partial charge in [0.15, 0.2) is 5.82 Å². The minimum Gasteiger partial charge on any atom is -0.306 e. The molecule has 0 saturated heterocycles. The largest absolute Gasteiger partial charge is 0.306 e. The van der Waals surface area contributed by atoms with Gasteiger partial charge in [-0.1, -0.05) is 12.1 Å². The molecule has 0 spiro atoms. The molecule has 0 saturated carbocycles. The second-order valence-electron chi connectivity index (χ2n) is 4.97. The lowest BCUT2D eigenvalue weighted by atomic mass is 10.2. The Balaban J connectivity index is 1.90. The first-order chi connectivity index (χ1) is 10.8. The summed E-state index contributed by atoms with van der Waals surface area (Å²) in [5.74, 6) is -0.423. The number of aromatic nitrogens is 2. The number of amides is 1. The number of hydrogen-bond donors (Lipinski definition) is 1. The van der Waals surface area contributed by atoms with Gasteiger partial charge in [0.25, 0.3) is 0 Å². The molecule has 0 aliphatic rings. The average molecular weight is 337 g/mol. The Hall–Kier alpha value is -2.48. The second-order valence-corrected chi connectivity index (χ2v) is 7.23. The summed E-state index contributed by atoms with van der Waals surface area (Å²) in [5, 5.41) is 6.62. The number of benzene rings is 1. The van der Waals surface area contributed by atoms with Gasteiger partial charge in [-0.25, -0.2) is 12.8 Å². The molecule has 6 nitrogen and oxygen atoms in total. The van der Waals surface area contributed by atoms with Crippen LogP contribution in [0.4, 0.5) is 10.2 Å². The molecule has 122 valence electrons. The van der Waals surface area contributed by atoms with Crippen LogP contribution in [0.15, 0.2) is 42.6 Å². The van der Waals surface area contributed by atoms with Crippen LogP contribution < -0.4 is 5.32 Å². The number of carbonyl (C=O) groups excluding carboxylic acids is 1. The fourth-order valence-corrected chi connectivity index (χ4v) is 2.24. The van der Waals surface area contributed by atoms with Crippen LogP contribution in [-0.2, 0) is 21.2 Å². The SMILES string of the molecule is CS(=O)(=O)CCn1ccc(NC(=O)/C=C/c2ccc(F)cc2)n1. The summed E-state index contributed by atoms with van der Waals surface area (Å²) in [6, 6.07) is 7.30. The van der Waals surface area contributed by atoms with Crippen molar-refractivity contribution in [2.24, 2.45) is 0 Å². The molecule has 0 fully saturated rings. The highest BCUT2D eigenvalue weighted by Gasteiger charge is 2.05. The first-order valence-electron chi connectivity index (χ1n) is 6.78. The van der Waals surface area contributed by atoms with Gasteiger partial charge >= 0.3 is 0 Å². The molecular weight excluding hydrogens is 321 g/mol. The van der Waals surface area contributed by atoms with Crippen LogP contribution in [0.3, 0.4) is 0 Å². The lowest BCUT2D eigenvalue weighted by Crippen LogP contribution is -2.13. The fraction of sp³-hybridized carbons (Fsp3) is 0.200. The van der Waals surface area contributed by atoms with Crippen LogP contribution in [0.2, 0.25) is 0 Å². The normalized spacial score (nSPS) is 11.7. The standard InChI is InChI=1S/C15H16FN3O3S/c1-23(21,22)11-10-19-9-8-14(18-19)17-15(20)7-4-12-2-5-13(16)6-3-12/h2-9H,10-11H2,1H3,(H,17,18,20)/b7-4+. The van der Waals surface area contributed by atoms with E-state index in [-0.39, 0.29) is 24.0 Å². The smallest absolute Gasteiger partial charge is 0.249 e. The molecule has 2 rings (SSSR count). The van der Waals surface area contributed by atoms with E-state index in [1.165, 1.54) is 22.9 Å². The Kier molecular flexibility index (Phi) is 5.28. The maximum atomic E-state index is 12.8. The van der Waals surface area contributed by atoms with E-state index in [0.29, 0.717) is 11.4 Å². The third-order valence-electron chi connectivity index (χ3n) is 2.88. The molecule has 2 aromatic rings. The van der Waals surface area contributed by atoms with Crippen LogP contribution >= 0.6 is 0 Å². The number of rotatable bonds is 6. The lowest BCUT2D eigenvalue weighted by molar-refractivity contribution is -0.111. The van der Waals surface area contributed by atoms with Crippen molar-refractivity contribution in [3.8, 4) is 0 Å². The summed E-state index contributed by atoms with van der Waals surface area (Å²) in [6.07, 6.45) is 5.60. The van der Waals surface area contributed by atoms with Crippen molar-refractivity contribution in [2.75, 3.05) is 17.3 Å². The van der Waals surface area contributed by atoms with E-state index in [2.05, 4.69) is 10.4 Å². The van der Waals surface area contributed by atoms with Crippen LogP contribution in [0.5, 0.6) is 0 Å². The van der Waals surface area contributed by atoms with Gasteiger partial charge in [-0.2, -0.15) is 5.10 Å². The summed E-state index contributed by atoms with van der Waals surface area (Å²) in [4.78, 5) is 11.8.